The third-order valence-electron chi connectivity index (χ3n) is 3.70. The minimum Gasteiger partial charge on any atom is -0.408 e. The molecule has 2 aliphatic rings. The van der Waals surface area contributed by atoms with Crippen LogP contribution >= 0.6 is 11.6 Å². The fourth-order valence-electron chi connectivity index (χ4n) is 2.34. The summed E-state index contributed by atoms with van der Waals surface area (Å²) in [5.41, 5.74) is 0.557. The lowest BCUT2D eigenvalue weighted by molar-refractivity contribution is 0.451. The van der Waals surface area contributed by atoms with Crippen molar-refractivity contribution in [1.29, 1.82) is 0 Å². The molecule has 2 aliphatic carbocycles. The maximum absolute atomic E-state index is 5.61. The molecule has 88 valence electrons. The van der Waals surface area contributed by atoms with Gasteiger partial charge in [-0.05, 0) is 37.0 Å². The van der Waals surface area contributed by atoms with Crippen LogP contribution in [0.15, 0.2) is 4.42 Å². The highest BCUT2D eigenvalue weighted by Gasteiger charge is 2.53. The molecule has 3 rings (SSSR count). The van der Waals surface area contributed by atoms with Gasteiger partial charge >= 0.3 is 6.01 Å². The first kappa shape index (κ1) is 10.4. The molecule has 0 atom stereocenters. The third kappa shape index (κ3) is 2.03. The van der Waals surface area contributed by atoms with Crippen molar-refractivity contribution in [3.8, 4) is 0 Å². The molecule has 0 spiro atoms. The van der Waals surface area contributed by atoms with Crippen molar-refractivity contribution in [1.82, 2.24) is 10.2 Å². The highest BCUT2D eigenvalue weighted by molar-refractivity contribution is 6.17. The van der Waals surface area contributed by atoms with Crippen molar-refractivity contribution in [3.63, 3.8) is 0 Å². The Balaban J connectivity index is 1.53. The molecule has 16 heavy (non-hydrogen) atoms. The van der Waals surface area contributed by atoms with Crippen molar-refractivity contribution < 1.29 is 4.42 Å². The first-order valence-corrected chi connectivity index (χ1v) is 6.48. The fourth-order valence-corrected chi connectivity index (χ4v) is 2.51. The zero-order chi connectivity index (χ0) is 11.0. The number of halogens is 1. The Morgan fingerprint density at radius 3 is 2.81 bits per heavy atom. The van der Waals surface area contributed by atoms with Gasteiger partial charge in [0.05, 0.1) is 0 Å². The highest BCUT2D eigenvalue weighted by Crippen LogP contribution is 2.61. The van der Waals surface area contributed by atoms with Crippen molar-refractivity contribution in [2.24, 2.45) is 11.3 Å². The van der Waals surface area contributed by atoms with E-state index in [0.717, 1.165) is 12.5 Å². The zero-order valence-corrected chi connectivity index (χ0v) is 9.96. The Morgan fingerprint density at radius 1 is 1.38 bits per heavy atom. The molecule has 1 aromatic rings. The Kier molecular flexibility index (Phi) is 2.54. The summed E-state index contributed by atoms with van der Waals surface area (Å²) in [6, 6.07) is 0.548. The van der Waals surface area contributed by atoms with Crippen molar-refractivity contribution in [2.45, 2.75) is 32.1 Å². The van der Waals surface area contributed by atoms with Crippen LogP contribution in [0.3, 0.4) is 0 Å². The number of nitrogens with zero attached hydrogens (tertiary/aromatic N) is 2. The normalized spacial score (nSPS) is 22.1. The average Bonchev–Trinajstić information content (AvgIpc) is 3.16. The molecule has 0 amide bonds. The number of hydrogen-bond donors (Lipinski definition) is 1. The van der Waals surface area contributed by atoms with Gasteiger partial charge in [0, 0.05) is 18.8 Å². The first-order chi connectivity index (χ1) is 7.82. The quantitative estimate of drug-likeness (QED) is 0.778. The summed E-state index contributed by atoms with van der Waals surface area (Å²) >= 11 is 5.61. The molecule has 5 heteroatoms. The van der Waals surface area contributed by atoms with E-state index in [1.807, 2.05) is 0 Å². The van der Waals surface area contributed by atoms with E-state index in [-0.39, 0.29) is 0 Å². The Morgan fingerprint density at radius 2 is 2.19 bits per heavy atom. The number of aromatic nitrogens is 2. The molecule has 0 aliphatic heterocycles. The van der Waals surface area contributed by atoms with Gasteiger partial charge in [-0.2, -0.15) is 0 Å². The molecule has 2 fully saturated rings. The SMILES string of the molecule is ClCCc1nnc(NCC2(C3CC3)CC2)o1. The van der Waals surface area contributed by atoms with Gasteiger partial charge in [0.25, 0.3) is 0 Å². The van der Waals surface area contributed by atoms with Gasteiger partial charge in [0.2, 0.25) is 5.89 Å². The van der Waals surface area contributed by atoms with Crippen LogP contribution < -0.4 is 5.32 Å². The molecule has 2 saturated carbocycles. The van der Waals surface area contributed by atoms with Crippen LogP contribution in [0.4, 0.5) is 6.01 Å². The van der Waals surface area contributed by atoms with Crippen LogP contribution in [0, 0.1) is 11.3 Å². The van der Waals surface area contributed by atoms with Crippen molar-refractivity contribution >= 4 is 17.6 Å². The fraction of sp³-hybridized carbons (Fsp3) is 0.818. The number of hydrogen-bond acceptors (Lipinski definition) is 4. The molecule has 0 aromatic carbocycles. The number of anilines is 1. The predicted molar refractivity (Wildman–Crippen MR) is 61.6 cm³/mol. The smallest absolute Gasteiger partial charge is 0.315 e. The summed E-state index contributed by atoms with van der Waals surface area (Å²) in [4.78, 5) is 0. The largest absolute Gasteiger partial charge is 0.408 e. The molecule has 0 bridgehead atoms. The minimum absolute atomic E-state index is 0.521. The highest BCUT2D eigenvalue weighted by atomic mass is 35.5. The first-order valence-electron chi connectivity index (χ1n) is 5.95. The second-order valence-corrected chi connectivity index (χ2v) is 5.31. The summed E-state index contributed by atoms with van der Waals surface area (Å²) in [6.07, 6.45) is 6.16. The molecule has 0 saturated heterocycles. The van der Waals surface area contributed by atoms with Gasteiger partial charge in [-0.1, -0.05) is 5.10 Å². The van der Waals surface area contributed by atoms with Gasteiger partial charge in [0.1, 0.15) is 0 Å². The van der Waals surface area contributed by atoms with Crippen LogP contribution in [0.5, 0.6) is 0 Å². The van der Waals surface area contributed by atoms with Gasteiger partial charge in [0.15, 0.2) is 0 Å². The number of aryl methyl sites for hydroxylation is 1. The van der Waals surface area contributed by atoms with E-state index in [1.165, 1.54) is 25.7 Å². The second kappa shape index (κ2) is 3.91. The summed E-state index contributed by atoms with van der Waals surface area (Å²) in [5.74, 6) is 2.09. The van der Waals surface area contributed by atoms with E-state index in [1.54, 1.807) is 0 Å². The molecular weight excluding hydrogens is 226 g/mol. The van der Waals surface area contributed by atoms with Crippen LogP contribution in [-0.2, 0) is 6.42 Å². The van der Waals surface area contributed by atoms with Crippen molar-refractivity contribution in [2.75, 3.05) is 17.7 Å². The van der Waals surface area contributed by atoms with Gasteiger partial charge in [-0.3, -0.25) is 0 Å². The molecular formula is C11H16ClN3O. The average molecular weight is 242 g/mol. The lowest BCUT2D eigenvalue weighted by Crippen LogP contribution is -2.17. The Labute approximate surface area is 99.8 Å². The zero-order valence-electron chi connectivity index (χ0n) is 9.21. The summed E-state index contributed by atoms with van der Waals surface area (Å²) in [5, 5.41) is 11.1. The maximum atomic E-state index is 5.61. The van der Waals surface area contributed by atoms with E-state index in [2.05, 4.69) is 15.5 Å². The Hall–Kier alpha value is -0.770. The monoisotopic (exact) mass is 241 g/mol. The molecule has 1 N–H and O–H groups in total. The van der Waals surface area contributed by atoms with E-state index in [9.17, 15) is 0 Å². The maximum Gasteiger partial charge on any atom is 0.315 e. The third-order valence-corrected chi connectivity index (χ3v) is 3.89. The van der Waals surface area contributed by atoms with E-state index in [4.69, 9.17) is 16.0 Å². The molecule has 0 unspecified atom stereocenters. The summed E-state index contributed by atoms with van der Waals surface area (Å²) in [7, 11) is 0. The second-order valence-electron chi connectivity index (χ2n) is 4.93. The number of rotatable bonds is 6. The van der Waals surface area contributed by atoms with Crippen LogP contribution in [0.25, 0.3) is 0 Å². The number of alkyl halides is 1. The van der Waals surface area contributed by atoms with Gasteiger partial charge < -0.3 is 9.73 Å². The van der Waals surface area contributed by atoms with Gasteiger partial charge in [-0.25, -0.2) is 0 Å². The van der Waals surface area contributed by atoms with Crippen LogP contribution in [-0.4, -0.2) is 22.6 Å². The predicted octanol–water partition coefficient (Wildman–Crippen LogP) is 2.45. The topological polar surface area (TPSA) is 51.0 Å². The van der Waals surface area contributed by atoms with Crippen molar-refractivity contribution in [3.05, 3.63) is 5.89 Å². The Bertz CT molecular complexity index is 371. The van der Waals surface area contributed by atoms with Crippen LogP contribution in [0.1, 0.15) is 31.6 Å². The van der Waals surface area contributed by atoms with E-state index in [0.29, 0.717) is 29.6 Å². The lowest BCUT2D eigenvalue weighted by Gasteiger charge is -2.12. The van der Waals surface area contributed by atoms with E-state index >= 15 is 0 Å². The summed E-state index contributed by atoms with van der Waals surface area (Å²) < 4.78 is 5.43. The minimum atomic E-state index is 0.521. The number of nitrogens with one attached hydrogen (secondary N) is 1. The van der Waals surface area contributed by atoms with E-state index < -0.39 is 0 Å². The molecule has 1 aromatic heterocycles. The molecule has 4 nitrogen and oxygen atoms in total. The van der Waals surface area contributed by atoms with Gasteiger partial charge in [-0.15, -0.1) is 16.7 Å². The lowest BCUT2D eigenvalue weighted by atomic mass is 10.0. The molecule has 1 heterocycles. The van der Waals surface area contributed by atoms with Crippen LogP contribution in [0.2, 0.25) is 0 Å². The standard InChI is InChI=1S/C11H16ClN3O/c12-6-3-9-14-15-10(16-9)13-7-11(4-5-11)8-1-2-8/h8H,1-7H2,(H,13,15). The molecule has 0 radical (unpaired) electrons. The summed E-state index contributed by atoms with van der Waals surface area (Å²) in [6.45, 7) is 0.986.